The number of carbonyl (C=O) groups is 2. The molecular weight excluding hydrogens is 436 g/mol. The van der Waals surface area contributed by atoms with Gasteiger partial charge in [-0.05, 0) is 50.6 Å². The number of aromatic amines is 1. The second-order valence-corrected chi connectivity index (χ2v) is 9.58. The monoisotopic (exact) mass is 460 g/mol. The lowest BCUT2D eigenvalue weighted by molar-refractivity contribution is -0.127. The molecule has 3 aromatic rings. The van der Waals surface area contributed by atoms with Gasteiger partial charge in [-0.2, -0.15) is 0 Å². The number of hydrogen-bond donors (Lipinski definition) is 2. The number of nitrogens with zero attached hydrogens (tertiary/aromatic N) is 2. The number of anilines is 1. The van der Waals surface area contributed by atoms with E-state index in [1.54, 1.807) is 27.1 Å². The van der Waals surface area contributed by atoms with E-state index in [9.17, 15) is 9.59 Å². The number of imidazole rings is 1. The Balaban J connectivity index is 1.51. The number of nitrogens with one attached hydrogen (secondary N) is 2. The van der Waals surface area contributed by atoms with Crippen LogP contribution in [0.2, 0.25) is 0 Å². The van der Waals surface area contributed by atoms with Crippen molar-refractivity contribution >= 4 is 28.7 Å². The lowest BCUT2D eigenvalue weighted by atomic mass is 9.78. The summed E-state index contributed by atoms with van der Waals surface area (Å²) in [7, 11) is 0. The number of aromatic nitrogens is 2. The van der Waals surface area contributed by atoms with Gasteiger partial charge in [-0.3, -0.25) is 4.79 Å². The molecule has 174 valence electrons. The molecule has 0 spiro atoms. The second-order valence-electron chi connectivity index (χ2n) is 9.58. The number of hydrogen-bond acceptors (Lipinski definition) is 7. The van der Waals surface area contributed by atoms with Crippen LogP contribution in [0.4, 0.5) is 10.5 Å². The van der Waals surface area contributed by atoms with E-state index in [0.717, 1.165) is 33.5 Å². The summed E-state index contributed by atoms with van der Waals surface area (Å²) >= 11 is 0. The third-order valence-electron chi connectivity index (χ3n) is 6.22. The van der Waals surface area contributed by atoms with Gasteiger partial charge in [0, 0.05) is 41.4 Å². The summed E-state index contributed by atoms with van der Waals surface area (Å²) in [4.78, 5) is 35.6. The van der Waals surface area contributed by atoms with Gasteiger partial charge in [0.25, 0.3) is 5.91 Å². The molecule has 1 atom stereocenters. The minimum atomic E-state index is -0.707. The van der Waals surface area contributed by atoms with Crippen molar-refractivity contribution in [3.63, 3.8) is 0 Å². The Bertz CT molecular complexity index is 1380. The van der Waals surface area contributed by atoms with Gasteiger partial charge >= 0.3 is 6.09 Å². The molecule has 6 rings (SSSR count). The first kappa shape index (κ1) is 20.6. The fraction of sp³-hybridized carbons (Fsp3) is 0.320. The van der Waals surface area contributed by atoms with E-state index in [4.69, 9.17) is 14.2 Å². The van der Waals surface area contributed by atoms with E-state index in [2.05, 4.69) is 15.3 Å². The van der Waals surface area contributed by atoms with E-state index in [0.29, 0.717) is 23.5 Å². The van der Waals surface area contributed by atoms with Crippen LogP contribution in [0.15, 0.2) is 47.9 Å². The average Bonchev–Trinajstić information content (AvgIpc) is 3.45. The van der Waals surface area contributed by atoms with E-state index in [1.165, 1.54) is 4.90 Å². The molecule has 9 nitrogen and oxygen atoms in total. The fourth-order valence-electron chi connectivity index (χ4n) is 4.82. The number of carbonyl (C=O) groups excluding carboxylic acids is 2. The van der Waals surface area contributed by atoms with Gasteiger partial charge in [-0.25, -0.2) is 14.7 Å². The van der Waals surface area contributed by atoms with Crippen molar-refractivity contribution in [1.82, 2.24) is 14.9 Å². The van der Waals surface area contributed by atoms with E-state index < -0.39 is 17.6 Å². The SMILES string of the molecule is CC(C)(C)OC(=O)N1CCC2=C(C1=O)[C@@H](c1ccc3c(c1)OCO3)c1c(ccc3[nH]cnc13)N2. The number of rotatable bonds is 1. The lowest BCUT2D eigenvalue weighted by Gasteiger charge is -2.38. The molecule has 0 aliphatic carbocycles. The van der Waals surface area contributed by atoms with Gasteiger partial charge in [0.1, 0.15) is 5.60 Å². The van der Waals surface area contributed by atoms with Gasteiger partial charge in [0.15, 0.2) is 11.5 Å². The molecule has 2 amide bonds. The fourth-order valence-corrected chi connectivity index (χ4v) is 4.82. The van der Waals surface area contributed by atoms with Crippen molar-refractivity contribution in [2.24, 2.45) is 0 Å². The zero-order chi connectivity index (χ0) is 23.6. The first-order valence-electron chi connectivity index (χ1n) is 11.2. The number of H-pyrrole nitrogens is 1. The minimum absolute atomic E-state index is 0.157. The van der Waals surface area contributed by atoms with E-state index in [-0.39, 0.29) is 19.2 Å². The number of ether oxygens (including phenoxy) is 3. The van der Waals surface area contributed by atoms with Gasteiger partial charge in [0.05, 0.1) is 17.4 Å². The van der Waals surface area contributed by atoms with Crippen LogP contribution in [0.3, 0.4) is 0 Å². The van der Waals surface area contributed by atoms with Crippen LogP contribution < -0.4 is 14.8 Å². The minimum Gasteiger partial charge on any atom is -0.454 e. The van der Waals surface area contributed by atoms with E-state index in [1.807, 2.05) is 30.3 Å². The predicted molar refractivity (Wildman–Crippen MR) is 124 cm³/mol. The molecule has 1 aromatic heterocycles. The highest BCUT2D eigenvalue weighted by atomic mass is 16.7. The zero-order valence-electron chi connectivity index (χ0n) is 19.1. The highest BCUT2D eigenvalue weighted by molar-refractivity contribution is 6.07. The van der Waals surface area contributed by atoms with Crippen LogP contribution in [0.25, 0.3) is 11.0 Å². The molecule has 2 aromatic carbocycles. The topological polar surface area (TPSA) is 106 Å². The van der Waals surface area contributed by atoms with Crippen molar-refractivity contribution in [3.8, 4) is 11.5 Å². The number of imide groups is 1. The van der Waals surface area contributed by atoms with Gasteiger partial charge in [-0.1, -0.05) is 6.07 Å². The Morgan fingerprint density at radius 2 is 2.00 bits per heavy atom. The third-order valence-corrected chi connectivity index (χ3v) is 6.22. The molecule has 0 radical (unpaired) electrons. The molecule has 0 saturated heterocycles. The summed E-state index contributed by atoms with van der Waals surface area (Å²) in [6.45, 7) is 5.75. The summed E-state index contributed by atoms with van der Waals surface area (Å²) in [6, 6.07) is 9.64. The molecule has 4 heterocycles. The normalized spacial score (nSPS) is 19.1. The number of amides is 2. The molecule has 0 saturated carbocycles. The van der Waals surface area contributed by atoms with Crippen LogP contribution in [0.1, 0.15) is 44.2 Å². The Hall–Kier alpha value is -4.01. The quantitative estimate of drug-likeness (QED) is 0.559. The van der Waals surface area contributed by atoms with Crippen LogP contribution in [-0.2, 0) is 9.53 Å². The molecule has 0 unspecified atom stereocenters. The average molecular weight is 460 g/mol. The molecule has 0 fully saturated rings. The summed E-state index contributed by atoms with van der Waals surface area (Å²) in [5, 5.41) is 3.44. The van der Waals surface area contributed by atoms with Crippen LogP contribution in [-0.4, -0.2) is 45.8 Å². The van der Waals surface area contributed by atoms with Gasteiger partial charge in [-0.15, -0.1) is 0 Å². The van der Waals surface area contributed by atoms with Crippen LogP contribution in [0.5, 0.6) is 11.5 Å². The summed E-state index contributed by atoms with van der Waals surface area (Å²) in [6.07, 6.45) is 1.50. The Labute approximate surface area is 195 Å². The molecule has 34 heavy (non-hydrogen) atoms. The smallest absolute Gasteiger partial charge is 0.417 e. The largest absolute Gasteiger partial charge is 0.454 e. The highest BCUT2D eigenvalue weighted by Gasteiger charge is 2.42. The Morgan fingerprint density at radius 1 is 1.18 bits per heavy atom. The highest BCUT2D eigenvalue weighted by Crippen LogP contribution is 2.48. The Kier molecular flexibility index (Phi) is 4.39. The first-order chi connectivity index (χ1) is 16.3. The van der Waals surface area contributed by atoms with Crippen LogP contribution >= 0.6 is 0 Å². The molecular formula is C25H24N4O5. The van der Waals surface area contributed by atoms with Crippen molar-refractivity contribution in [1.29, 1.82) is 0 Å². The zero-order valence-corrected chi connectivity index (χ0v) is 19.1. The number of benzene rings is 2. The molecule has 0 bridgehead atoms. The third kappa shape index (κ3) is 3.19. The summed E-state index contributed by atoms with van der Waals surface area (Å²) < 4.78 is 16.6. The van der Waals surface area contributed by atoms with Crippen molar-refractivity contribution in [2.75, 3.05) is 18.7 Å². The van der Waals surface area contributed by atoms with Crippen molar-refractivity contribution < 1.29 is 23.8 Å². The molecule has 9 heteroatoms. The van der Waals surface area contributed by atoms with Gasteiger partial charge < -0.3 is 24.5 Å². The second kappa shape index (κ2) is 7.24. The summed E-state index contributed by atoms with van der Waals surface area (Å²) in [5.41, 5.74) is 4.85. The maximum Gasteiger partial charge on any atom is 0.417 e. The van der Waals surface area contributed by atoms with Gasteiger partial charge in [0.2, 0.25) is 6.79 Å². The van der Waals surface area contributed by atoms with Crippen molar-refractivity contribution in [2.45, 2.75) is 38.7 Å². The molecule has 3 aliphatic rings. The van der Waals surface area contributed by atoms with Crippen LogP contribution in [0, 0.1) is 0 Å². The van der Waals surface area contributed by atoms with E-state index >= 15 is 0 Å². The lowest BCUT2D eigenvalue weighted by Crippen LogP contribution is -2.47. The maximum atomic E-state index is 13.8. The summed E-state index contributed by atoms with van der Waals surface area (Å²) in [5.74, 6) is 0.464. The molecule has 3 aliphatic heterocycles. The maximum absolute atomic E-state index is 13.8. The Morgan fingerprint density at radius 3 is 2.82 bits per heavy atom. The predicted octanol–water partition coefficient (Wildman–Crippen LogP) is 4.27. The molecule has 2 N–H and O–H groups in total. The number of fused-ring (bicyclic) bond motifs is 4. The first-order valence-corrected chi connectivity index (χ1v) is 11.2. The van der Waals surface area contributed by atoms with Crippen molar-refractivity contribution in [3.05, 3.63) is 59.1 Å². The standard InChI is InChI=1S/C25H24N4O5/c1-25(2,3)34-24(31)29-9-8-15-21(23(29)30)19(13-4-7-17-18(10-13)33-12-32-17)20-14(28-15)5-6-16-22(20)27-11-26-16/h4-7,10-11,19,28H,8-9,12H2,1-3H3,(H,26,27)/t19-/m0/s1.